The molecule has 2 rings (SSSR count). The summed E-state index contributed by atoms with van der Waals surface area (Å²) in [5.41, 5.74) is -0.0210. The second kappa shape index (κ2) is 6.15. The Kier molecular flexibility index (Phi) is 4.30. The van der Waals surface area contributed by atoms with Gasteiger partial charge in [0.1, 0.15) is 12.4 Å². The minimum atomic E-state index is -0.637. The van der Waals surface area contributed by atoms with Gasteiger partial charge in [0.2, 0.25) is 11.2 Å². The zero-order valence-corrected chi connectivity index (χ0v) is 11.2. The van der Waals surface area contributed by atoms with Crippen molar-refractivity contribution >= 4 is 12.2 Å². The molecule has 0 spiro atoms. The highest BCUT2D eigenvalue weighted by Crippen LogP contribution is 2.27. The third kappa shape index (κ3) is 3.24. The number of ether oxygens (including phenoxy) is 1. The number of phenols is 1. The van der Waals surface area contributed by atoms with Crippen molar-refractivity contribution in [1.82, 2.24) is 0 Å². The van der Waals surface area contributed by atoms with Crippen LogP contribution in [0.2, 0.25) is 0 Å². The van der Waals surface area contributed by atoms with Crippen LogP contribution in [0.5, 0.6) is 17.2 Å². The van der Waals surface area contributed by atoms with Crippen LogP contribution in [0.3, 0.4) is 0 Å². The number of methoxy groups -OCH3 is 1. The van der Waals surface area contributed by atoms with Gasteiger partial charge in [-0.05, 0) is 23.8 Å². The van der Waals surface area contributed by atoms with Crippen molar-refractivity contribution < 1.29 is 24.5 Å². The molecule has 1 aromatic carbocycles. The summed E-state index contributed by atoms with van der Waals surface area (Å²) in [7, 11) is 1.44. The Morgan fingerprint density at radius 1 is 1.24 bits per heavy atom. The molecule has 0 fully saturated rings. The third-order valence-corrected chi connectivity index (χ3v) is 2.79. The van der Waals surface area contributed by atoms with Crippen LogP contribution < -0.4 is 10.2 Å². The zero-order valence-electron chi connectivity index (χ0n) is 11.2. The standard InChI is InChI=1S/C15H14O6/c1-20-13-4-2-9(6-11(13)17)3-5-14-15(19)12(18)7-10(8-16)21-14/h2-7,16-17,19H,8H2,1H3/b5-3+. The van der Waals surface area contributed by atoms with E-state index in [1.54, 1.807) is 12.1 Å². The van der Waals surface area contributed by atoms with E-state index in [2.05, 4.69) is 0 Å². The van der Waals surface area contributed by atoms with Crippen LogP contribution in [0.25, 0.3) is 12.2 Å². The molecule has 0 atom stereocenters. The molecule has 0 saturated heterocycles. The van der Waals surface area contributed by atoms with Gasteiger partial charge in [0.05, 0.1) is 7.11 Å². The van der Waals surface area contributed by atoms with E-state index in [1.807, 2.05) is 0 Å². The summed E-state index contributed by atoms with van der Waals surface area (Å²) in [5, 5.41) is 28.2. The largest absolute Gasteiger partial charge is 0.504 e. The monoisotopic (exact) mass is 290 g/mol. The second-order valence-electron chi connectivity index (χ2n) is 4.21. The minimum Gasteiger partial charge on any atom is -0.504 e. The fourth-order valence-electron chi connectivity index (χ4n) is 1.73. The van der Waals surface area contributed by atoms with Crippen LogP contribution in [0.1, 0.15) is 17.1 Å². The fourth-order valence-corrected chi connectivity index (χ4v) is 1.73. The van der Waals surface area contributed by atoms with Gasteiger partial charge in [-0.25, -0.2) is 0 Å². The maximum atomic E-state index is 11.5. The van der Waals surface area contributed by atoms with Gasteiger partial charge in [0.25, 0.3) is 0 Å². The SMILES string of the molecule is COc1ccc(/C=C/c2oc(CO)cc(=O)c2O)cc1O. The Morgan fingerprint density at radius 2 is 2.00 bits per heavy atom. The van der Waals surface area contributed by atoms with Crippen molar-refractivity contribution in [1.29, 1.82) is 0 Å². The lowest BCUT2D eigenvalue weighted by Gasteiger charge is -2.04. The van der Waals surface area contributed by atoms with Gasteiger partial charge in [0, 0.05) is 6.07 Å². The molecule has 3 N–H and O–H groups in total. The number of phenolic OH excluding ortho intramolecular Hbond substituents is 1. The lowest BCUT2D eigenvalue weighted by Crippen LogP contribution is -2.02. The number of aliphatic hydroxyl groups is 1. The minimum absolute atomic E-state index is 0.0329. The molecule has 0 amide bonds. The second-order valence-corrected chi connectivity index (χ2v) is 4.21. The maximum absolute atomic E-state index is 11.5. The average molecular weight is 290 g/mol. The molecule has 0 aliphatic carbocycles. The van der Waals surface area contributed by atoms with Crippen molar-refractivity contribution in [2.45, 2.75) is 6.61 Å². The van der Waals surface area contributed by atoms with Gasteiger partial charge >= 0.3 is 0 Å². The van der Waals surface area contributed by atoms with Gasteiger partial charge in [-0.2, -0.15) is 0 Å². The van der Waals surface area contributed by atoms with E-state index in [9.17, 15) is 15.0 Å². The Bertz CT molecular complexity index is 729. The van der Waals surface area contributed by atoms with Crippen LogP contribution in [-0.4, -0.2) is 22.4 Å². The molecular formula is C15H14O6. The molecule has 0 radical (unpaired) electrons. The molecule has 110 valence electrons. The molecule has 1 aromatic heterocycles. The van der Waals surface area contributed by atoms with E-state index in [4.69, 9.17) is 14.3 Å². The molecule has 0 aliphatic rings. The highest BCUT2D eigenvalue weighted by molar-refractivity contribution is 5.70. The van der Waals surface area contributed by atoms with Gasteiger partial charge < -0.3 is 24.5 Å². The van der Waals surface area contributed by atoms with Gasteiger partial charge in [-0.3, -0.25) is 4.79 Å². The predicted molar refractivity (Wildman–Crippen MR) is 76.2 cm³/mol. The normalized spacial score (nSPS) is 11.0. The third-order valence-electron chi connectivity index (χ3n) is 2.79. The van der Waals surface area contributed by atoms with E-state index in [0.29, 0.717) is 11.3 Å². The highest BCUT2D eigenvalue weighted by atomic mass is 16.5. The number of benzene rings is 1. The lowest BCUT2D eigenvalue weighted by molar-refractivity contribution is 0.240. The molecule has 0 aliphatic heterocycles. The molecule has 6 nitrogen and oxygen atoms in total. The summed E-state index contributed by atoms with van der Waals surface area (Å²) >= 11 is 0. The molecule has 21 heavy (non-hydrogen) atoms. The number of aromatic hydroxyl groups is 2. The molecule has 2 aromatic rings. The summed E-state index contributed by atoms with van der Waals surface area (Å²) < 4.78 is 10.1. The van der Waals surface area contributed by atoms with Crippen molar-refractivity contribution in [2.75, 3.05) is 7.11 Å². The summed E-state index contributed by atoms with van der Waals surface area (Å²) in [6.07, 6.45) is 2.91. The van der Waals surface area contributed by atoms with E-state index < -0.39 is 17.8 Å². The quantitative estimate of drug-likeness (QED) is 0.792. The Morgan fingerprint density at radius 3 is 2.62 bits per heavy atom. The average Bonchev–Trinajstić information content (AvgIpc) is 2.48. The van der Waals surface area contributed by atoms with Crippen LogP contribution >= 0.6 is 0 Å². The number of aliphatic hydroxyl groups excluding tert-OH is 1. The topological polar surface area (TPSA) is 100 Å². The first-order valence-corrected chi connectivity index (χ1v) is 6.07. The maximum Gasteiger partial charge on any atom is 0.227 e. The number of rotatable bonds is 4. The van der Waals surface area contributed by atoms with Crippen molar-refractivity contribution in [3.05, 3.63) is 51.6 Å². The van der Waals surface area contributed by atoms with Crippen LogP contribution in [0, 0.1) is 0 Å². The summed E-state index contributed by atoms with van der Waals surface area (Å²) in [4.78, 5) is 11.5. The smallest absolute Gasteiger partial charge is 0.227 e. The summed E-state index contributed by atoms with van der Waals surface area (Å²) in [6, 6.07) is 5.74. The van der Waals surface area contributed by atoms with E-state index >= 15 is 0 Å². The van der Waals surface area contributed by atoms with E-state index in [-0.39, 0.29) is 17.3 Å². The summed E-state index contributed by atoms with van der Waals surface area (Å²) in [5.74, 6) is -0.253. The number of hydrogen-bond acceptors (Lipinski definition) is 6. The van der Waals surface area contributed by atoms with Crippen molar-refractivity contribution in [3.8, 4) is 17.2 Å². The number of hydrogen-bond donors (Lipinski definition) is 3. The highest BCUT2D eigenvalue weighted by Gasteiger charge is 2.08. The van der Waals surface area contributed by atoms with Crippen LogP contribution in [0.15, 0.2) is 33.5 Å². The Labute approximate surface area is 120 Å². The van der Waals surface area contributed by atoms with Gasteiger partial charge in [-0.15, -0.1) is 0 Å². The first-order valence-electron chi connectivity index (χ1n) is 6.07. The first-order chi connectivity index (χ1) is 10.0. The van der Waals surface area contributed by atoms with Crippen molar-refractivity contribution in [2.24, 2.45) is 0 Å². The van der Waals surface area contributed by atoms with E-state index in [0.717, 1.165) is 6.07 Å². The summed E-state index contributed by atoms with van der Waals surface area (Å²) in [6.45, 7) is -0.445. The Hall–Kier alpha value is -2.73. The molecule has 1 heterocycles. The van der Waals surface area contributed by atoms with Gasteiger partial charge in [-0.1, -0.05) is 12.1 Å². The first kappa shape index (κ1) is 14.7. The molecular weight excluding hydrogens is 276 g/mol. The zero-order chi connectivity index (χ0) is 15.4. The molecule has 6 heteroatoms. The van der Waals surface area contributed by atoms with Crippen LogP contribution in [-0.2, 0) is 6.61 Å². The van der Waals surface area contributed by atoms with Crippen molar-refractivity contribution in [3.63, 3.8) is 0 Å². The van der Waals surface area contributed by atoms with Crippen LogP contribution in [0.4, 0.5) is 0 Å². The molecule has 0 unspecified atom stereocenters. The fraction of sp³-hybridized carbons (Fsp3) is 0.133. The van der Waals surface area contributed by atoms with E-state index in [1.165, 1.54) is 25.3 Å². The predicted octanol–water partition coefficient (Wildman–Crippen LogP) is 1.72. The molecule has 0 saturated carbocycles. The molecule has 0 bridgehead atoms. The Balaban J connectivity index is 2.35. The van der Waals surface area contributed by atoms with Gasteiger partial charge in [0.15, 0.2) is 17.3 Å². The lowest BCUT2D eigenvalue weighted by atomic mass is 10.1.